The highest BCUT2D eigenvalue weighted by molar-refractivity contribution is 5.94. The molecule has 7 nitrogen and oxygen atoms in total. The number of hydrogen-bond acceptors (Lipinski definition) is 7. The van der Waals surface area contributed by atoms with Crippen LogP contribution in [-0.4, -0.2) is 52.3 Å². The molecule has 45 heavy (non-hydrogen) atoms. The second-order valence-corrected chi connectivity index (χ2v) is 13.2. The first-order valence-electron chi connectivity index (χ1n) is 15.2. The number of alkyl halides is 1. The van der Waals surface area contributed by atoms with Crippen LogP contribution in [0.3, 0.4) is 0 Å². The number of carbonyl (C=O) groups is 2. The van der Waals surface area contributed by atoms with Crippen LogP contribution in [0.4, 0.5) is 8.78 Å². The monoisotopic (exact) mass is 624 g/mol. The van der Waals surface area contributed by atoms with Crippen LogP contribution >= 0.6 is 0 Å². The maximum atomic E-state index is 15.7. The number of benzene rings is 2. The minimum Gasteiger partial charge on any atom is -0.481 e. The molecule has 3 aromatic rings. The lowest BCUT2D eigenvalue weighted by Crippen LogP contribution is -2.41. The maximum absolute atomic E-state index is 15.7. The normalized spacial score (nSPS) is 14.0. The lowest BCUT2D eigenvalue weighted by atomic mass is 9.86. The zero-order valence-corrected chi connectivity index (χ0v) is 28.2. The molecule has 0 fully saturated rings. The van der Waals surface area contributed by atoms with Gasteiger partial charge in [-0.1, -0.05) is 25.1 Å². The van der Waals surface area contributed by atoms with E-state index >= 15 is 8.78 Å². The molecule has 0 aliphatic heterocycles. The van der Waals surface area contributed by atoms with Gasteiger partial charge in [0.25, 0.3) is 0 Å². The van der Waals surface area contributed by atoms with Gasteiger partial charge in [0.05, 0.1) is 18.9 Å². The van der Waals surface area contributed by atoms with E-state index in [1.807, 2.05) is 0 Å². The molecule has 0 saturated carbocycles. The summed E-state index contributed by atoms with van der Waals surface area (Å²) >= 11 is 0. The number of ether oxygens (including phenoxy) is 3. The Balaban J connectivity index is 2.01. The van der Waals surface area contributed by atoms with Gasteiger partial charge in [-0.05, 0) is 103 Å². The fraction of sp³-hybridized carbons (Fsp3) is 0.472. The summed E-state index contributed by atoms with van der Waals surface area (Å²) in [7, 11) is 1.47. The molecule has 0 saturated heterocycles. The van der Waals surface area contributed by atoms with E-state index in [4.69, 9.17) is 14.2 Å². The van der Waals surface area contributed by atoms with E-state index in [-0.39, 0.29) is 23.7 Å². The first kappa shape index (κ1) is 35.6. The highest BCUT2D eigenvalue weighted by atomic mass is 19.1. The summed E-state index contributed by atoms with van der Waals surface area (Å²) in [6.07, 6.45) is 1.12. The van der Waals surface area contributed by atoms with Gasteiger partial charge in [-0.3, -0.25) is 4.90 Å². The first-order chi connectivity index (χ1) is 20.8. The molecule has 2 atom stereocenters. The van der Waals surface area contributed by atoms with Crippen molar-refractivity contribution in [3.05, 3.63) is 76.7 Å². The highest BCUT2D eigenvalue weighted by Gasteiger charge is 2.43. The van der Waals surface area contributed by atoms with E-state index in [9.17, 15) is 9.59 Å². The SMILES string of the molecule is COc1cc(-c2cc(C)c(C(=O)Oc3cccc([C@H](C)[C@@](C)(F)C(=O)OC(C)(C)C)c3)cc2CN(C(C)C)C(C)C)c(F)cn1. The van der Waals surface area contributed by atoms with Gasteiger partial charge in [-0.15, -0.1) is 0 Å². The number of nitrogens with zero attached hydrogens (tertiary/aromatic N) is 2. The number of methoxy groups -OCH3 is 1. The third-order valence-electron chi connectivity index (χ3n) is 7.86. The first-order valence-corrected chi connectivity index (χ1v) is 15.2. The number of halogens is 2. The van der Waals surface area contributed by atoms with Crippen molar-refractivity contribution in [2.24, 2.45) is 0 Å². The molecular formula is C36H46F2N2O5. The van der Waals surface area contributed by atoms with Crippen molar-refractivity contribution in [2.45, 2.75) is 105 Å². The summed E-state index contributed by atoms with van der Waals surface area (Å²) in [6, 6.07) is 11.9. The number of aryl methyl sites for hydroxylation is 1. The van der Waals surface area contributed by atoms with Crippen molar-refractivity contribution in [1.29, 1.82) is 0 Å². The van der Waals surface area contributed by atoms with Gasteiger partial charge in [-0.2, -0.15) is 0 Å². The van der Waals surface area contributed by atoms with E-state index in [1.165, 1.54) is 14.0 Å². The van der Waals surface area contributed by atoms with Crippen molar-refractivity contribution < 1.29 is 32.6 Å². The second-order valence-electron chi connectivity index (χ2n) is 13.2. The number of hydrogen-bond donors (Lipinski definition) is 0. The summed E-state index contributed by atoms with van der Waals surface area (Å²) in [6.45, 7) is 18.3. The minimum atomic E-state index is -2.32. The maximum Gasteiger partial charge on any atom is 0.344 e. The Labute approximate surface area is 265 Å². The molecule has 0 bridgehead atoms. The van der Waals surface area contributed by atoms with Gasteiger partial charge in [0, 0.05) is 36.2 Å². The lowest BCUT2D eigenvalue weighted by molar-refractivity contribution is -0.169. The van der Waals surface area contributed by atoms with Crippen LogP contribution in [-0.2, 0) is 16.1 Å². The average Bonchev–Trinajstić information content (AvgIpc) is 2.94. The van der Waals surface area contributed by atoms with Crippen LogP contribution < -0.4 is 9.47 Å². The summed E-state index contributed by atoms with van der Waals surface area (Å²) < 4.78 is 47.2. The van der Waals surface area contributed by atoms with Crippen LogP contribution in [0, 0.1) is 12.7 Å². The second kappa shape index (κ2) is 14.1. The quantitative estimate of drug-likeness (QED) is 0.157. The Hall–Kier alpha value is -3.85. The van der Waals surface area contributed by atoms with Crippen molar-refractivity contribution in [3.8, 4) is 22.8 Å². The molecule has 9 heteroatoms. The van der Waals surface area contributed by atoms with E-state index in [1.54, 1.807) is 77.1 Å². The minimum absolute atomic E-state index is 0.179. The van der Waals surface area contributed by atoms with Crippen LogP contribution in [0.2, 0.25) is 0 Å². The summed E-state index contributed by atoms with van der Waals surface area (Å²) in [5.41, 5.74) is -0.135. The van der Waals surface area contributed by atoms with Gasteiger partial charge in [-0.25, -0.2) is 23.4 Å². The van der Waals surface area contributed by atoms with Crippen molar-refractivity contribution in [2.75, 3.05) is 7.11 Å². The predicted octanol–water partition coefficient (Wildman–Crippen LogP) is 8.22. The molecular weight excluding hydrogens is 578 g/mol. The van der Waals surface area contributed by atoms with Crippen molar-refractivity contribution in [1.82, 2.24) is 9.88 Å². The molecule has 0 radical (unpaired) electrons. The molecule has 0 aliphatic rings. The van der Waals surface area contributed by atoms with Gasteiger partial charge in [0.15, 0.2) is 0 Å². The lowest BCUT2D eigenvalue weighted by Gasteiger charge is -2.31. The molecule has 3 rings (SSSR count). The van der Waals surface area contributed by atoms with Crippen molar-refractivity contribution in [3.63, 3.8) is 0 Å². The van der Waals surface area contributed by atoms with Crippen LogP contribution in [0.25, 0.3) is 11.1 Å². The molecule has 0 unspecified atom stereocenters. The summed E-state index contributed by atoms with van der Waals surface area (Å²) in [4.78, 5) is 32.5. The molecule has 0 spiro atoms. The van der Waals surface area contributed by atoms with Gasteiger partial charge in [0.2, 0.25) is 11.5 Å². The Kier molecular flexibility index (Phi) is 11.1. The van der Waals surface area contributed by atoms with Gasteiger partial charge in [0.1, 0.15) is 17.2 Å². The van der Waals surface area contributed by atoms with E-state index < -0.39 is 34.9 Å². The fourth-order valence-electron chi connectivity index (χ4n) is 5.13. The van der Waals surface area contributed by atoms with E-state index in [0.29, 0.717) is 34.4 Å². The topological polar surface area (TPSA) is 78.0 Å². The Bertz CT molecular complexity index is 1520. The number of aromatic nitrogens is 1. The average molecular weight is 625 g/mol. The standard InChI is InChI=1S/C36H46F2N2O5/c1-21(2)40(22(3)4)20-26-17-28(23(5)15-29(26)30-18-32(43-11)39-19-31(30)37)33(41)44-27-14-12-13-25(16-27)24(6)36(10,38)34(42)45-35(7,8)9/h12-19,21-22,24H,20H2,1-11H3/t24-,36+/m0/s1. The largest absolute Gasteiger partial charge is 0.481 e. The molecule has 244 valence electrons. The highest BCUT2D eigenvalue weighted by Crippen LogP contribution is 2.36. The predicted molar refractivity (Wildman–Crippen MR) is 172 cm³/mol. The number of carbonyl (C=O) groups excluding carboxylic acids is 2. The molecule has 1 heterocycles. The van der Waals surface area contributed by atoms with Crippen molar-refractivity contribution >= 4 is 11.9 Å². The number of rotatable bonds is 11. The zero-order valence-electron chi connectivity index (χ0n) is 28.2. The van der Waals surface area contributed by atoms with E-state index in [0.717, 1.165) is 11.8 Å². The van der Waals surface area contributed by atoms with Crippen LogP contribution in [0.5, 0.6) is 11.6 Å². The fourth-order valence-corrected chi connectivity index (χ4v) is 5.13. The van der Waals surface area contributed by atoms with Gasteiger partial charge < -0.3 is 14.2 Å². The number of pyridine rings is 1. The van der Waals surface area contributed by atoms with Crippen LogP contribution in [0.15, 0.2) is 48.7 Å². The molecule has 0 aliphatic carbocycles. The molecule has 1 aromatic heterocycles. The third-order valence-corrected chi connectivity index (χ3v) is 7.86. The summed E-state index contributed by atoms with van der Waals surface area (Å²) in [5, 5.41) is 0. The molecule has 0 amide bonds. The number of esters is 2. The Morgan fingerprint density at radius 2 is 1.60 bits per heavy atom. The smallest absolute Gasteiger partial charge is 0.344 e. The molecule has 2 aromatic carbocycles. The molecule has 0 N–H and O–H groups in total. The van der Waals surface area contributed by atoms with Crippen LogP contribution in [0.1, 0.15) is 95.3 Å². The van der Waals surface area contributed by atoms with Gasteiger partial charge >= 0.3 is 11.9 Å². The summed E-state index contributed by atoms with van der Waals surface area (Å²) in [5.74, 6) is -2.51. The Morgan fingerprint density at radius 3 is 2.18 bits per heavy atom. The Morgan fingerprint density at radius 1 is 0.956 bits per heavy atom. The van der Waals surface area contributed by atoms with E-state index in [2.05, 4.69) is 37.6 Å². The third kappa shape index (κ3) is 8.66. The zero-order chi connectivity index (χ0) is 33.9.